The molecule has 0 radical (unpaired) electrons. The van der Waals surface area contributed by atoms with Crippen molar-refractivity contribution in [2.24, 2.45) is 13.0 Å². The minimum atomic E-state index is -0.276. The fraction of sp³-hybridized carbons (Fsp3) is 0.421. The lowest BCUT2D eigenvalue weighted by molar-refractivity contribution is 0.0130. The van der Waals surface area contributed by atoms with E-state index >= 15 is 0 Å². The van der Waals surface area contributed by atoms with Crippen molar-refractivity contribution >= 4 is 17.5 Å². The minimum Gasteiger partial charge on any atom is -0.489 e. The Morgan fingerprint density at radius 1 is 1.41 bits per heavy atom. The largest absolute Gasteiger partial charge is 0.489 e. The highest BCUT2D eigenvalue weighted by Crippen LogP contribution is 2.33. The fourth-order valence-corrected chi connectivity index (χ4v) is 3.89. The third-order valence-corrected chi connectivity index (χ3v) is 5.28. The number of hydrogen-bond acceptors (Lipinski definition) is 5. The molecule has 2 fully saturated rings. The van der Waals surface area contributed by atoms with Crippen molar-refractivity contribution in [2.75, 3.05) is 19.7 Å². The summed E-state index contributed by atoms with van der Waals surface area (Å²) in [7, 11) is 1.64. The van der Waals surface area contributed by atoms with Crippen molar-refractivity contribution < 1.29 is 14.3 Å². The molecule has 2 aliphatic heterocycles. The number of fused-ring (bicyclic) bond motifs is 1. The lowest BCUT2D eigenvalue weighted by Gasteiger charge is -2.19. The van der Waals surface area contributed by atoms with E-state index < -0.39 is 0 Å². The third-order valence-electron chi connectivity index (χ3n) is 5.07. The zero-order valence-electron chi connectivity index (χ0n) is 14.9. The minimum absolute atomic E-state index is 0.0207. The summed E-state index contributed by atoms with van der Waals surface area (Å²) in [6, 6.07) is 5.00. The normalized spacial score (nSPS) is 24.1. The van der Waals surface area contributed by atoms with Crippen LogP contribution in [0.15, 0.2) is 41.6 Å². The van der Waals surface area contributed by atoms with Crippen molar-refractivity contribution in [2.45, 2.75) is 18.6 Å². The molecular weight excluding hydrogens is 370 g/mol. The Morgan fingerprint density at radius 2 is 2.26 bits per heavy atom. The van der Waals surface area contributed by atoms with Gasteiger partial charge < -0.3 is 18.9 Å². The fourth-order valence-electron chi connectivity index (χ4n) is 3.73. The van der Waals surface area contributed by atoms with Crippen LogP contribution in [0.1, 0.15) is 16.8 Å². The van der Waals surface area contributed by atoms with Crippen LogP contribution in [0.3, 0.4) is 0 Å². The van der Waals surface area contributed by atoms with Gasteiger partial charge in [0, 0.05) is 44.5 Å². The Labute approximate surface area is 161 Å². The highest BCUT2D eigenvalue weighted by molar-refractivity contribution is 6.30. The molecule has 0 aliphatic carbocycles. The van der Waals surface area contributed by atoms with E-state index in [-0.39, 0.29) is 35.2 Å². The van der Waals surface area contributed by atoms with Crippen LogP contribution in [0.4, 0.5) is 0 Å². The van der Waals surface area contributed by atoms with Gasteiger partial charge in [0.1, 0.15) is 17.9 Å². The van der Waals surface area contributed by atoms with Crippen molar-refractivity contribution in [1.29, 1.82) is 0 Å². The molecule has 0 aromatic carbocycles. The number of aromatic nitrogens is 2. The maximum absolute atomic E-state index is 12.7. The summed E-state index contributed by atoms with van der Waals surface area (Å²) in [5, 5.41) is 0.526. The van der Waals surface area contributed by atoms with E-state index in [1.54, 1.807) is 48.7 Å². The molecule has 4 heterocycles. The molecule has 4 rings (SSSR count). The molecule has 3 atom stereocenters. The van der Waals surface area contributed by atoms with Crippen LogP contribution >= 0.6 is 11.6 Å². The number of carbonyl (C=O) groups is 1. The molecule has 2 saturated heterocycles. The number of rotatable bonds is 4. The number of carbonyl (C=O) groups excluding carboxylic acids is 1. The molecule has 2 aliphatic rings. The quantitative estimate of drug-likeness (QED) is 0.796. The van der Waals surface area contributed by atoms with Gasteiger partial charge in [0.2, 0.25) is 0 Å². The van der Waals surface area contributed by atoms with Gasteiger partial charge >= 0.3 is 0 Å². The molecule has 142 valence electrons. The van der Waals surface area contributed by atoms with Crippen LogP contribution in [0.2, 0.25) is 5.02 Å². The van der Waals surface area contributed by atoms with Gasteiger partial charge in [-0.25, -0.2) is 0 Å². The zero-order valence-corrected chi connectivity index (χ0v) is 15.6. The van der Waals surface area contributed by atoms with Crippen LogP contribution in [-0.2, 0) is 11.8 Å². The number of halogens is 1. The maximum Gasteiger partial charge on any atom is 0.263 e. The van der Waals surface area contributed by atoms with Crippen LogP contribution in [0, 0.1) is 5.92 Å². The van der Waals surface area contributed by atoms with E-state index in [0.717, 1.165) is 6.42 Å². The SMILES string of the molecule is Cn1cccc(C(=O)N2C[C@@H]3C[C@@H](COc4cncc(Cl)c4)O[C@@H]3C2)c1=O. The van der Waals surface area contributed by atoms with E-state index in [2.05, 4.69) is 4.98 Å². The molecule has 2 aromatic heterocycles. The van der Waals surface area contributed by atoms with Gasteiger partial charge in [0.05, 0.1) is 23.4 Å². The Morgan fingerprint density at radius 3 is 3.04 bits per heavy atom. The van der Waals surface area contributed by atoms with Crippen molar-refractivity contribution in [3.63, 3.8) is 0 Å². The lowest BCUT2D eigenvalue weighted by atomic mass is 10.0. The second kappa shape index (κ2) is 7.32. The average Bonchev–Trinajstić information content (AvgIpc) is 3.20. The second-order valence-electron chi connectivity index (χ2n) is 6.99. The predicted octanol–water partition coefficient (Wildman–Crippen LogP) is 1.74. The number of nitrogens with zero attached hydrogens (tertiary/aromatic N) is 3. The summed E-state index contributed by atoms with van der Waals surface area (Å²) >= 11 is 5.90. The summed E-state index contributed by atoms with van der Waals surface area (Å²) < 4.78 is 13.2. The van der Waals surface area contributed by atoms with Crippen LogP contribution in [0.5, 0.6) is 5.75 Å². The van der Waals surface area contributed by atoms with Gasteiger partial charge in [-0.05, 0) is 18.6 Å². The summed E-state index contributed by atoms with van der Waals surface area (Å²) in [6.07, 6.45) is 5.57. The second-order valence-corrected chi connectivity index (χ2v) is 7.43. The number of ether oxygens (including phenoxy) is 2. The molecule has 0 unspecified atom stereocenters. The zero-order chi connectivity index (χ0) is 19.0. The first-order valence-corrected chi connectivity index (χ1v) is 9.23. The summed E-state index contributed by atoms with van der Waals surface area (Å²) in [5.74, 6) is 0.638. The van der Waals surface area contributed by atoms with Gasteiger partial charge in [-0.3, -0.25) is 14.6 Å². The van der Waals surface area contributed by atoms with E-state index in [1.807, 2.05) is 0 Å². The van der Waals surface area contributed by atoms with Crippen molar-refractivity contribution in [3.8, 4) is 5.75 Å². The Hall–Kier alpha value is -2.38. The lowest BCUT2D eigenvalue weighted by Crippen LogP contribution is -2.36. The molecule has 7 nitrogen and oxygen atoms in total. The van der Waals surface area contributed by atoms with Gasteiger partial charge in [-0.1, -0.05) is 11.6 Å². The molecule has 1 amide bonds. The van der Waals surface area contributed by atoms with Gasteiger partial charge in [0.25, 0.3) is 11.5 Å². The molecule has 0 spiro atoms. The molecule has 8 heteroatoms. The highest BCUT2D eigenvalue weighted by atomic mass is 35.5. The molecular formula is C19H20ClN3O4. The number of hydrogen-bond donors (Lipinski definition) is 0. The van der Waals surface area contributed by atoms with Gasteiger partial charge in [-0.15, -0.1) is 0 Å². The average molecular weight is 390 g/mol. The van der Waals surface area contributed by atoms with E-state index in [9.17, 15) is 9.59 Å². The number of pyridine rings is 2. The first kappa shape index (κ1) is 18.0. The van der Waals surface area contributed by atoms with Crippen molar-refractivity contribution in [3.05, 3.63) is 57.7 Å². The molecule has 27 heavy (non-hydrogen) atoms. The Kier molecular flexibility index (Phi) is 4.88. The van der Waals surface area contributed by atoms with Gasteiger partial charge in [-0.2, -0.15) is 0 Å². The van der Waals surface area contributed by atoms with Crippen molar-refractivity contribution in [1.82, 2.24) is 14.5 Å². The maximum atomic E-state index is 12.7. The first-order chi connectivity index (χ1) is 13.0. The van der Waals surface area contributed by atoms with Crippen LogP contribution in [-0.4, -0.2) is 52.3 Å². The van der Waals surface area contributed by atoms with Crippen LogP contribution < -0.4 is 10.3 Å². The van der Waals surface area contributed by atoms with E-state index in [0.29, 0.717) is 30.5 Å². The van der Waals surface area contributed by atoms with E-state index in [4.69, 9.17) is 21.1 Å². The summed E-state index contributed by atoms with van der Waals surface area (Å²) in [5.41, 5.74) is -0.0739. The molecule has 2 aromatic rings. The molecule has 0 saturated carbocycles. The number of aryl methyl sites for hydroxylation is 1. The van der Waals surface area contributed by atoms with E-state index in [1.165, 1.54) is 4.57 Å². The highest BCUT2D eigenvalue weighted by Gasteiger charge is 2.44. The first-order valence-electron chi connectivity index (χ1n) is 8.85. The topological polar surface area (TPSA) is 73.7 Å². The number of amides is 1. The Balaban J connectivity index is 1.33. The third kappa shape index (κ3) is 3.70. The smallest absolute Gasteiger partial charge is 0.263 e. The molecule has 0 N–H and O–H groups in total. The monoisotopic (exact) mass is 389 g/mol. The number of likely N-dealkylation sites (tertiary alicyclic amines) is 1. The summed E-state index contributed by atoms with van der Waals surface area (Å²) in [6.45, 7) is 1.51. The molecule has 0 bridgehead atoms. The Bertz CT molecular complexity index is 902. The standard InChI is InChI=1S/C19H20ClN3O4/c1-22-4-2-3-16(18(22)24)19(25)23-9-12-5-15(27-17(12)10-23)11-26-14-6-13(20)7-21-8-14/h2-4,6-8,12,15,17H,5,9-11H2,1H3/t12-,15-,17+/m0/s1. The van der Waals surface area contributed by atoms with Crippen LogP contribution in [0.25, 0.3) is 0 Å². The van der Waals surface area contributed by atoms with Gasteiger partial charge in [0.15, 0.2) is 0 Å². The predicted molar refractivity (Wildman–Crippen MR) is 99.1 cm³/mol. The summed E-state index contributed by atoms with van der Waals surface area (Å²) in [4.78, 5) is 30.6.